The third-order valence-corrected chi connectivity index (χ3v) is 5.54. The molecule has 0 aliphatic carbocycles. The van der Waals surface area contributed by atoms with Crippen LogP contribution in [-0.2, 0) is 4.79 Å². The number of para-hydroxylation sites is 1. The molecule has 1 unspecified atom stereocenters. The van der Waals surface area contributed by atoms with Crippen LogP contribution in [0, 0.1) is 0 Å². The number of aromatic nitrogens is 2. The molecule has 2 aromatic carbocycles. The van der Waals surface area contributed by atoms with Crippen molar-refractivity contribution in [1.29, 1.82) is 0 Å². The van der Waals surface area contributed by atoms with Crippen molar-refractivity contribution in [3.63, 3.8) is 0 Å². The van der Waals surface area contributed by atoms with Crippen LogP contribution in [0.5, 0.6) is 0 Å². The predicted octanol–water partition coefficient (Wildman–Crippen LogP) is 3.24. The van der Waals surface area contributed by atoms with Gasteiger partial charge in [0, 0.05) is 56.2 Å². The first kappa shape index (κ1) is 18.3. The Labute approximate surface area is 175 Å². The monoisotopic (exact) mass is 398 g/mol. The van der Waals surface area contributed by atoms with Gasteiger partial charge in [-0.25, -0.2) is 9.97 Å². The number of amides is 1. The third-order valence-electron chi connectivity index (χ3n) is 5.54. The Hall–Kier alpha value is -3.74. The highest BCUT2D eigenvalue weighted by molar-refractivity contribution is 6.12. The molecule has 1 amide bonds. The number of hydrogen-bond acceptors (Lipinski definition) is 6. The van der Waals surface area contributed by atoms with Crippen molar-refractivity contribution in [1.82, 2.24) is 9.97 Å². The quantitative estimate of drug-likeness (QED) is 0.683. The van der Waals surface area contributed by atoms with Gasteiger partial charge in [-0.2, -0.15) is 0 Å². The third kappa shape index (κ3) is 3.61. The van der Waals surface area contributed by atoms with E-state index >= 15 is 0 Å². The number of nitrogens with zero attached hydrogens (tertiary/aromatic N) is 5. The fourth-order valence-corrected chi connectivity index (χ4v) is 3.91. The largest absolute Gasteiger partial charge is 0.368 e. The molecule has 1 aromatic heterocycles. The van der Waals surface area contributed by atoms with E-state index in [2.05, 4.69) is 42.2 Å². The molecule has 3 heterocycles. The zero-order chi connectivity index (χ0) is 20.3. The fraction of sp³-hybridized carbons (Fsp3) is 0.217. The number of rotatable bonds is 4. The maximum Gasteiger partial charge on any atom is 0.237 e. The molecule has 1 atom stereocenters. The number of hydrogen-bond donors (Lipinski definition) is 1. The second kappa shape index (κ2) is 7.94. The average Bonchev–Trinajstić information content (AvgIpc) is 3.13. The summed E-state index contributed by atoms with van der Waals surface area (Å²) in [5.41, 5.74) is 3.86. The predicted molar refractivity (Wildman–Crippen MR) is 119 cm³/mol. The molecule has 1 saturated heterocycles. The summed E-state index contributed by atoms with van der Waals surface area (Å²) in [7, 11) is 0. The van der Waals surface area contributed by atoms with Crippen LogP contribution in [0.4, 0.5) is 23.0 Å². The smallest absolute Gasteiger partial charge is 0.237 e. The van der Waals surface area contributed by atoms with Crippen molar-refractivity contribution in [3.8, 4) is 0 Å². The molecule has 2 aliphatic heterocycles. The van der Waals surface area contributed by atoms with Gasteiger partial charge in [0.2, 0.25) is 11.9 Å². The summed E-state index contributed by atoms with van der Waals surface area (Å²) >= 11 is 0. The lowest BCUT2D eigenvalue weighted by atomic mass is 10.0. The SMILES string of the molecule is O=C1Nc2ccccc2C1C=Nc1ccc(N2CCN(c3ncccn3)CC2)cc1. The van der Waals surface area contributed by atoms with E-state index in [0.717, 1.165) is 49.1 Å². The van der Waals surface area contributed by atoms with Crippen LogP contribution in [0.2, 0.25) is 0 Å². The zero-order valence-electron chi connectivity index (χ0n) is 16.5. The maximum absolute atomic E-state index is 12.2. The first-order chi connectivity index (χ1) is 14.8. The van der Waals surface area contributed by atoms with Crippen LogP contribution in [0.15, 0.2) is 72.0 Å². The molecule has 0 radical (unpaired) electrons. The lowest BCUT2D eigenvalue weighted by Crippen LogP contribution is -2.47. The van der Waals surface area contributed by atoms with E-state index in [-0.39, 0.29) is 11.8 Å². The van der Waals surface area contributed by atoms with Crippen molar-refractivity contribution in [2.24, 2.45) is 4.99 Å². The van der Waals surface area contributed by atoms with Crippen molar-refractivity contribution in [2.75, 3.05) is 41.3 Å². The highest BCUT2D eigenvalue weighted by Crippen LogP contribution is 2.31. The molecule has 7 nitrogen and oxygen atoms in total. The Kier molecular flexibility index (Phi) is 4.85. The summed E-state index contributed by atoms with van der Waals surface area (Å²) in [6.07, 6.45) is 5.29. The second-order valence-electron chi connectivity index (χ2n) is 7.37. The molecule has 150 valence electrons. The minimum absolute atomic E-state index is 0.0307. The Bertz CT molecular complexity index is 1060. The van der Waals surface area contributed by atoms with Crippen LogP contribution in [0.25, 0.3) is 0 Å². The standard InChI is InChI=1S/C23H22N6O/c30-22-20(19-4-1-2-5-21(19)27-22)16-26-17-6-8-18(9-7-17)28-12-14-29(15-13-28)23-24-10-3-11-25-23/h1-11,16,20H,12-15H2,(H,27,30). The topological polar surface area (TPSA) is 73.7 Å². The molecule has 7 heteroatoms. The molecule has 2 aliphatic rings. The zero-order valence-corrected chi connectivity index (χ0v) is 16.5. The molecule has 5 rings (SSSR count). The van der Waals surface area contributed by atoms with Crippen molar-refractivity contribution >= 4 is 35.1 Å². The van der Waals surface area contributed by atoms with Gasteiger partial charge < -0.3 is 15.1 Å². The number of fused-ring (bicyclic) bond motifs is 1. The fourth-order valence-electron chi connectivity index (χ4n) is 3.91. The first-order valence-corrected chi connectivity index (χ1v) is 10.1. The minimum Gasteiger partial charge on any atom is -0.368 e. The molecule has 0 saturated carbocycles. The van der Waals surface area contributed by atoms with E-state index in [1.165, 1.54) is 5.69 Å². The van der Waals surface area contributed by atoms with Gasteiger partial charge in [-0.15, -0.1) is 0 Å². The Morgan fingerprint density at radius 2 is 1.60 bits per heavy atom. The maximum atomic E-state index is 12.2. The van der Waals surface area contributed by atoms with Crippen LogP contribution in [0.3, 0.4) is 0 Å². The van der Waals surface area contributed by atoms with Gasteiger partial charge in [0.1, 0.15) is 5.92 Å². The number of aliphatic imine (C=N–C) groups is 1. The van der Waals surface area contributed by atoms with E-state index in [1.54, 1.807) is 18.6 Å². The van der Waals surface area contributed by atoms with Gasteiger partial charge in [0.25, 0.3) is 0 Å². The molecular weight excluding hydrogens is 376 g/mol. The highest BCUT2D eigenvalue weighted by atomic mass is 16.2. The number of anilines is 3. The van der Waals surface area contributed by atoms with E-state index < -0.39 is 0 Å². The van der Waals surface area contributed by atoms with Gasteiger partial charge in [-0.05, 0) is 42.0 Å². The summed E-state index contributed by atoms with van der Waals surface area (Å²) < 4.78 is 0. The van der Waals surface area contributed by atoms with E-state index in [9.17, 15) is 4.79 Å². The molecule has 3 aromatic rings. The van der Waals surface area contributed by atoms with E-state index in [1.807, 2.05) is 42.5 Å². The Morgan fingerprint density at radius 1 is 0.900 bits per heavy atom. The second-order valence-corrected chi connectivity index (χ2v) is 7.37. The number of carbonyl (C=O) groups excluding carboxylic acids is 1. The lowest BCUT2D eigenvalue weighted by Gasteiger charge is -2.36. The molecule has 0 spiro atoms. The molecule has 1 N–H and O–H groups in total. The average molecular weight is 398 g/mol. The van der Waals surface area contributed by atoms with Crippen molar-refractivity contribution in [2.45, 2.75) is 5.92 Å². The molecular formula is C23H22N6O. The van der Waals surface area contributed by atoms with E-state index in [4.69, 9.17) is 0 Å². The minimum atomic E-state index is -0.339. The van der Waals surface area contributed by atoms with Crippen LogP contribution in [-0.4, -0.2) is 48.3 Å². The first-order valence-electron chi connectivity index (χ1n) is 10.1. The normalized spacial score (nSPS) is 18.5. The number of nitrogens with one attached hydrogen (secondary N) is 1. The van der Waals surface area contributed by atoms with Gasteiger partial charge in [0.05, 0.1) is 5.69 Å². The lowest BCUT2D eigenvalue weighted by molar-refractivity contribution is -0.115. The number of carbonyl (C=O) groups is 1. The van der Waals surface area contributed by atoms with Gasteiger partial charge >= 0.3 is 0 Å². The van der Waals surface area contributed by atoms with Crippen LogP contribution in [0.1, 0.15) is 11.5 Å². The summed E-state index contributed by atoms with van der Waals surface area (Å²) in [5, 5.41) is 2.90. The van der Waals surface area contributed by atoms with Crippen LogP contribution < -0.4 is 15.1 Å². The summed E-state index contributed by atoms with van der Waals surface area (Å²) in [6.45, 7) is 3.61. The van der Waals surface area contributed by atoms with Gasteiger partial charge in [0.15, 0.2) is 0 Å². The van der Waals surface area contributed by atoms with Crippen molar-refractivity contribution in [3.05, 3.63) is 72.6 Å². The molecule has 1 fully saturated rings. The Morgan fingerprint density at radius 3 is 2.37 bits per heavy atom. The van der Waals surface area contributed by atoms with Crippen molar-refractivity contribution < 1.29 is 4.79 Å². The van der Waals surface area contributed by atoms with Crippen LogP contribution >= 0.6 is 0 Å². The Balaban J connectivity index is 1.22. The highest BCUT2D eigenvalue weighted by Gasteiger charge is 2.28. The summed E-state index contributed by atoms with van der Waals surface area (Å²) in [6, 6.07) is 17.7. The molecule has 30 heavy (non-hydrogen) atoms. The van der Waals surface area contributed by atoms with Gasteiger partial charge in [-0.3, -0.25) is 9.79 Å². The summed E-state index contributed by atoms with van der Waals surface area (Å²) in [5.74, 6) is 0.422. The van der Waals surface area contributed by atoms with E-state index in [0.29, 0.717) is 0 Å². The van der Waals surface area contributed by atoms with Gasteiger partial charge in [-0.1, -0.05) is 18.2 Å². The number of piperazine rings is 1. The number of benzene rings is 2. The molecule has 0 bridgehead atoms. The summed E-state index contributed by atoms with van der Waals surface area (Å²) in [4.78, 5) is 30.0.